The molecule has 1 atom stereocenters. The van der Waals surface area contributed by atoms with Crippen LogP contribution in [0.15, 0.2) is 60.2 Å². The SMILES string of the molecule is CC(NCCc1nc(-c2cccnc2)cs1)c1ccccc1. The summed E-state index contributed by atoms with van der Waals surface area (Å²) in [4.78, 5) is 8.83. The van der Waals surface area contributed by atoms with Crippen LogP contribution < -0.4 is 5.32 Å². The van der Waals surface area contributed by atoms with Crippen molar-refractivity contribution in [2.75, 3.05) is 6.54 Å². The highest BCUT2D eigenvalue weighted by Crippen LogP contribution is 2.21. The van der Waals surface area contributed by atoms with Crippen molar-refractivity contribution in [1.82, 2.24) is 15.3 Å². The van der Waals surface area contributed by atoms with Crippen LogP contribution in [0.2, 0.25) is 0 Å². The Bertz CT molecular complexity index is 695. The summed E-state index contributed by atoms with van der Waals surface area (Å²) >= 11 is 1.71. The lowest BCUT2D eigenvalue weighted by Gasteiger charge is -2.13. The second-order valence-corrected chi connectivity index (χ2v) is 6.15. The summed E-state index contributed by atoms with van der Waals surface area (Å²) in [5, 5.41) is 6.81. The fourth-order valence-electron chi connectivity index (χ4n) is 2.33. The molecular formula is C18H19N3S. The number of rotatable bonds is 6. The number of nitrogens with one attached hydrogen (secondary N) is 1. The van der Waals surface area contributed by atoms with Gasteiger partial charge in [-0.3, -0.25) is 4.98 Å². The third-order valence-corrected chi connectivity index (χ3v) is 4.51. The van der Waals surface area contributed by atoms with Crippen LogP contribution in [-0.4, -0.2) is 16.5 Å². The van der Waals surface area contributed by atoms with E-state index in [0.29, 0.717) is 6.04 Å². The smallest absolute Gasteiger partial charge is 0.0945 e. The minimum atomic E-state index is 0.360. The van der Waals surface area contributed by atoms with E-state index < -0.39 is 0 Å². The highest BCUT2D eigenvalue weighted by atomic mass is 32.1. The molecule has 0 amide bonds. The van der Waals surface area contributed by atoms with Gasteiger partial charge in [-0.1, -0.05) is 30.3 Å². The largest absolute Gasteiger partial charge is 0.310 e. The Labute approximate surface area is 135 Å². The first kappa shape index (κ1) is 14.9. The van der Waals surface area contributed by atoms with E-state index in [1.54, 1.807) is 17.5 Å². The van der Waals surface area contributed by atoms with Gasteiger partial charge >= 0.3 is 0 Å². The Balaban J connectivity index is 1.53. The van der Waals surface area contributed by atoms with Crippen molar-refractivity contribution in [3.8, 4) is 11.3 Å². The van der Waals surface area contributed by atoms with E-state index >= 15 is 0 Å². The molecule has 112 valence electrons. The number of pyridine rings is 1. The molecule has 0 bridgehead atoms. The maximum Gasteiger partial charge on any atom is 0.0945 e. The zero-order valence-electron chi connectivity index (χ0n) is 12.6. The summed E-state index contributed by atoms with van der Waals surface area (Å²) in [6.45, 7) is 3.12. The van der Waals surface area contributed by atoms with Crippen molar-refractivity contribution in [2.45, 2.75) is 19.4 Å². The number of aromatic nitrogens is 2. The van der Waals surface area contributed by atoms with Gasteiger partial charge in [-0.25, -0.2) is 4.98 Å². The molecule has 1 unspecified atom stereocenters. The first-order valence-corrected chi connectivity index (χ1v) is 8.34. The molecule has 0 radical (unpaired) electrons. The van der Waals surface area contributed by atoms with Gasteiger partial charge in [0, 0.05) is 42.3 Å². The first-order valence-electron chi connectivity index (χ1n) is 7.46. The molecule has 22 heavy (non-hydrogen) atoms. The number of nitrogens with zero attached hydrogens (tertiary/aromatic N) is 2. The van der Waals surface area contributed by atoms with E-state index in [-0.39, 0.29) is 0 Å². The topological polar surface area (TPSA) is 37.8 Å². The molecule has 3 aromatic rings. The molecule has 3 rings (SSSR count). The summed E-state index contributed by atoms with van der Waals surface area (Å²) < 4.78 is 0. The van der Waals surface area contributed by atoms with Crippen molar-refractivity contribution in [3.05, 3.63) is 70.8 Å². The van der Waals surface area contributed by atoms with Gasteiger partial charge in [-0.2, -0.15) is 0 Å². The molecule has 2 aromatic heterocycles. The molecule has 0 fully saturated rings. The Morgan fingerprint density at radius 2 is 2.00 bits per heavy atom. The fraction of sp³-hybridized carbons (Fsp3) is 0.222. The third-order valence-electron chi connectivity index (χ3n) is 3.60. The van der Waals surface area contributed by atoms with Crippen LogP contribution in [0.5, 0.6) is 0 Å². The van der Waals surface area contributed by atoms with Crippen LogP contribution >= 0.6 is 11.3 Å². The molecule has 1 N–H and O–H groups in total. The van der Waals surface area contributed by atoms with Gasteiger partial charge in [0.1, 0.15) is 0 Å². The molecule has 0 saturated carbocycles. The van der Waals surface area contributed by atoms with Crippen LogP contribution in [-0.2, 0) is 6.42 Å². The second-order valence-electron chi connectivity index (χ2n) is 5.20. The Hall–Kier alpha value is -2.04. The molecule has 2 heterocycles. The third kappa shape index (κ3) is 3.78. The highest BCUT2D eigenvalue weighted by Gasteiger charge is 2.06. The van der Waals surface area contributed by atoms with Crippen LogP contribution in [0.4, 0.5) is 0 Å². The van der Waals surface area contributed by atoms with Crippen molar-refractivity contribution in [1.29, 1.82) is 0 Å². The van der Waals surface area contributed by atoms with E-state index in [0.717, 1.165) is 29.2 Å². The first-order chi connectivity index (χ1) is 10.8. The lowest BCUT2D eigenvalue weighted by atomic mass is 10.1. The minimum Gasteiger partial charge on any atom is -0.310 e. The molecular weight excluding hydrogens is 290 g/mol. The Morgan fingerprint density at radius 1 is 1.14 bits per heavy atom. The summed E-state index contributed by atoms with van der Waals surface area (Å²) in [5.74, 6) is 0. The number of hydrogen-bond donors (Lipinski definition) is 1. The molecule has 0 saturated heterocycles. The standard InChI is InChI=1S/C18H19N3S/c1-14(15-6-3-2-4-7-15)20-11-9-18-21-17(13-22-18)16-8-5-10-19-12-16/h2-8,10,12-14,20H,9,11H2,1H3. The van der Waals surface area contributed by atoms with Crippen LogP contribution in [0.25, 0.3) is 11.3 Å². The maximum atomic E-state index is 4.69. The van der Waals surface area contributed by atoms with E-state index in [9.17, 15) is 0 Å². The predicted molar refractivity (Wildman–Crippen MR) is 91.9 cm³/mol. The van der Waals surface area contributed by atoms with Gasteiger partial charge in [-0.15, -0.1) is 11.3 Å². The molecule has 0 spiro atoms. The van der Waals surface area contributed by atoms with Crippen molar-refractivity contribution in [3.63, 3.8) is 0 Å². The van der Waals surface area contributed by atoms with Gasteiger partial charge in [-0.05, 0) is 24.6 Å². The molecule has 3 nitrogen and oxygen atoms in total. The molecule has 0 aliphatic rings. The van der Waals surface area contributed by atoms with E-state index in [2.05, 4.69) is 51.9 Å². The number of hydrogen-bond acceptors (Lipinski definition) is 4. The Kier molecular flexibility index (Phi) is 4.93. The average Bonchev–Trinajstić information content (AvgIpc) is 3.05. The maximum absolute atomic E-state index is 4.69. The average molecular weight is 309 g/mol. The molecule has 0 aliphatic heterocycles. The highest BCUT2D eigenvalue weighted by molar-refractivity contribution is 7.09. The zero-order chi connectivity index (χ0) is 15.2. The lowest BCUT2D eigenvalue weighted by molar-refractivity contribution is 0.576. The fourth-order valence-corrected chi connectivity index (χ4v) is 3.14. The zero-order valence-corrected chi connectivity index (χ0v) is 13.4. The van der Waals surface area contributed by atoms with Crippen LogP contribution in [0.1, 0.15) is 23.5 Å². The predicted octanol–water partition coefficient (Wildman–Crippen LogP) is 4.10. The molecule has 0 aliphatic carbocycles. The summed E-state index contributed by atoms with van der Waals surface area (Å²) in [5.41, 5.74) is 3.41. The van der Waals surface area contributed by atoms with Crippen LogP contribution in [0, 0.1) is 0 Å². The number of thiazole rings is 1. The van der Waals surface area contributed by atoms with Gasteiger partial charge in [0.2, 0.25) is 0 Å². The van der Waals surface area contributed by atoms with Gasteiger partial charge in [0.25, 0.3) is 0 Å². The Morgan fingerprint density at radius 3 is 2.77 bits per heavy atom. The summed E-state index contributed by atoms with van der Waals surface area (Å²) in [7, 11) is 0. The summed E-state index contributed by atoms with van der Waals surface area (Å²) in [6.07, 6.45) is 4.59. The second kappa shape index (κ2) is 7.29. The van der Waals surface area contributed by atoms with E-state index in [4.69, 9.17) is 0 Å². The quantitative estimate of drug-likeness (QED) is 0.745. The van der Waals surface area contributed by atoms with Crippen molar-refractivity contribution < 1.29 is 0 Å². The van der Waals surface area contributed by atoms with Crippen LogP contribution in [0.3, 0.4) is 0 Å². The number of benzene rings is 1. The monoisotopic (exact) mass is 309 g/mol. The van der Waals surface area contributed by atoms with E-state index in [1.807, 2.05) is 24.4 Å². The van der Waals surface area contributed by atoms with Gasteiger partial charge < -0.3 is 5.32 Å². The van der Waals surface area contributed by atoms with Gasteiger partial charge in [0.15, 0.2) is 0 Å². The molecule has 1 aromatic carbocycles. The lowest BCUT2D eigenvalue weighted by Crippen LogP contribution is -2.21. The van der Waals surface area contributed by atoms with Crippen molar-refractivity contribution in [2.24, 2.45) is 0 Å². The molecule has 4 heteroatoms. The van der Waals surface area contributed by atoms with Gasteiger partial charge in [0.05, 0.1) is 10.7 Å². The minimum absolute atomic E-state index is 0.360. The van der Waals surface area contributed by atoms with Crippen molar-refractivity contribution >= 4 is 11.3 Å². The summed E-state index contributed by atoms with van der Waals surface area (Å²) in [6, 6.07) is 14.9. The van der Waals surface area contributed by atoms with E-state index in [1.165, 1.54) is 5.56 Å². The normalized spacial score (nSPS) is 12.2.